The fraction of sp³-hybridized carbons (Fsp3) is 1.00. The lowest BCUT2D eigenvalue weighted by molar-refractivity contribution is -0.128. The number of hydrogen-bond acceptors (Lipinski definition) is 3. The van der Waals surface area contributed by atoms with Gasteiger partial charge in [0.25, 0.3) is 0 Å². The average Bonchev–Trinajstić information content (AvgIpc) is 2.41. The molecule has 0 aliphatic carbocycles. The molecule has 0 radical (unpaired) electrons. The molecule has 2 aliphatic heterocycles. The molecule has 2 saturated heterocycles. The maximum atomic E-state index is 5.96. The van der Waals surface area contributed by atoms with Gasteiger partial charge < -0.3 is 9.64 Å². The Hall–Kier alpha value is -0.120. The summed E-state index contributed by atoms with van der Waals surface area (Å²) in [6, 6.07) is 0. The van der Waals surface area contributed by atoms with Crippen LogP contribution in [-0.4, -0.2) is 43.9 Å². The van der Waals surface area contributed by atoms with Crippen molar-refractivity contribution in [1.82, 2.24) is 10.2 Å². The lowest BCUT2D eigenvalue weighted by atomic mass is 9.91. The lowest BCUT2D eigenvalue weighted by Crippen LogP contribution is -2.58. The summed E-state index contributed by atoms with van der Waals surface area (Å²) in [5.74, 6) is 0. The minimum Gasteiger partial charge on any atom is -0.359 e. The van der Waals surface area contributed by atoms with E-state index in [9.17, 15) is 0 Å². The molecule has 0 amide bonds. The summed E-state index contributed by atoms with van der Waals surface area (Å²) in [7, 11) is 2.15. The van der Waals surface area contributed by atoms with Gasteiger partial charge in [-0.3, -0.25) is 5.32 Å². The Kier molecular flexibility index (Phi) is 2.13. The van der Waals surface area contributed by atoms with Gasteiger partial charge in [-0.1, -0.05) is 13.8 Å². The van der Waals surface area contributed by atoms with Crippen LogP contribution in [0.5, 0.6) is 0 Å². The zero-order valence-corrected chi connectivity index (χ0v) is 8.89. The van der Waals surface area contributed by atoms with Crippen molar-refractivity contribution in [1.29, 1.82) is 0 Å². The highest BCUT2D eigenvalue weighted by Gasteiger charge is 2.42. The molecule has 0 bridgehead atoms. The minimum absolute atomic E-state index is 0.0235. The second-order valence-electron chi connectivity index (χ2n) is 5.29. The van der Waals surface area contributed by atoms with Crippen LogP contribution < -0.4 is 5.32 Å². The predicted molar refractivity (Wildman–Crippen MR) is 52.6 cm³/mol. The third-order valence-corrected chi connectivity index (χ3v) is 3.05. The molecule has 0 aromatic rings. The van der Waals surface area contributed by atoms with Crippen molar-refractivity contribution >= 4 is 0 Å². The summed E-state index contributed by atoms with van der Waals surface area (Å²) >= 11 is 0. The molecule has 76 valence electrons. The molecular weight excluding hydrogens is 164 g/mol. The summed E-state index contributed by atoms with van der Waals surface area (Å²) in [5.41, 5.74) is 0.274. The molecule has 2 heterocycles. The van der Waals surface area contributed by atoms with Crippen molar-refractivity contribution < 1.29 is 4.74 Å². The maximum Gasteiger partial charge on any atom is 0.133 e. The molecule has 1 atom stereocenters. The quantitative estimate of drug-likeness (QED) is 0.598. The van der Waals surface area contributed by atoms with E-state index in [4.69, 9.17) is 4.74 Å². The Labute approximate surface area is 80.4 Å². The van der Waals surface area contributed by atoms with Gasteiger partial charge in [-0.15, -0.1) is 0 Å². The minimum atomic E-state index is -0.0235. The van der Waals surface area contributed by atoms with Gasteiger partial charge in [-0.05, 0) is 7.05 Å². The number of ether oxygens (including phenoxy) is 1. The zero-order valence-electron chi connectivity index (χ0n) is 8.89. The van der Waals surface area contributed by atoms with E-state index in [-0.39, 0.29) is 5.72 Å². The summed E-state index contributed by atoms with van der Waals surface area (Å²) in [6.45, 7) is 8.61. The molecule has 1 N–H and O–H groups in total. The van der Waals surface area contributed by atoms with Crippen LogP contribution in [0.4, 0.5) is 0 Å². The van der Waals surface area contributed by atoms with Crippen molar-refractivity contribution in [3.8, 4) is 0 Å². The first-order chi connectivity index (χ1) is 6.02. The van der Waals surface area contributed by atoms with Crippen molar-refractivity contribution in [3.05, 3.63) is 0 Å². The van der Waals surface area contributed by atoms with Crippen LogP contribution in [0.15, 0.2) is 0 Å². The molecular formula is C10H20N2O. The van der Waals surface area contributed by atoms with E-state index < -0.39 is 0 Å². The lowest BCUT2D eigenvalue weighted by Gasteiger charge is -2.42. The molecule has 0 saturated carbocycles. The van der Waals surface area contributed by atoms with Gasteiger partial charge in [0.1, 0.15) is 5.72 Å². The molecule has 2 rings (SSSR count). The maximum absolute atomic E-state index is 5.96. The second-order valence-corrected chi connectivity index (χ2v) is 5.29. The summed E-state index contributed by atoms with van der Waals surface area (Å²) in [5, 5.41) is 3.55. The molecule has 2 fully saturated rings. The highest BCUT2D eigenvalue weighted by molar-refractivity contribution is 4.93. The molecule has 1 unspecified atom stereocenters. The molecule has 3 nitrogen and oxygen atoms in total. The highest BCUT2D eigenvalue weighted by atomic mass is 16.5. The van der Waals surface area contributed by atoms with E-state index in [0.29, 0.717) is 5.41 Å². The van der Waals surface area contributed by atoms with Crippen molar-refractivity contribution in [2.75, 3.05) is 33.3 Å². The Bertz CT molecular complexity index is 193. The van der Waals surface area contributed by atoms with Crippen LogP contribution in [0.1, 0.15) is 20.3 Å². The standard InChI is InChI=1S/C10H20N2O/c1-9(2)6-11-10(13-8-9)4-5-12(3)7-10/h11H,4-8H2,1-3H3. The summed E-state index contributed by atoms with van der Waals surface area (Å²) in [4.78, 5) is 2.32. The summed E-state index contributed by atoms with van der Waals surface area (Å²) < 4.78 is 5.96. The van der Waals surface area contributed by atoms with E-state index in [0.717, 1.165) is 32.7 Å². The van der Waals surface area contributed by atoms with E-state index in [1.54, 1.807) is 0 Å². The van der Waals surface area contributed by atoms with E-state index >= 15 is 0 Å². The monoisotopic (exact) mass is 184 g/mol. The molecule has 2 aliphatic rings. The Morgan fingerprint density at radius 2 is 2.15 bits per heavy atom. The molecule has 13 heavy (non-hydrogen) atoms. The number of hydrogen-bond donors (Lipinski definition) is 1. The molecule has 0 aromatic carbocycles. The smallest absolute Gasteiger partial charge is 0.133 e. The normalized spacial score (nSPS) is 39.9. The van der Waals surface area contributed by atoms with E-state index in [1.165, 1.54) is 0 Å². The predicted octanol–water partition coefficient (Wildman–Crippen LogP) is 0.664. The first-order valence-electron chi connectivity index (χ1n) is 5.09. The molecule has 1 spiro atoms. The van der Waals surface area contributed by atoms with Gasteiger partial charge in [0.2, 0.25) is 0 Å². The van der Waals surface area contributed by atoms with Gasteiger partial charge in [-0.2, -0.15) is 0 Å². The van der Waals surface area contributed by atoms with Crippen LogP contribution in [0.2, 0.25) is 0 Å². The van der Waals surface area contributed by atoms with Gasteiger partial charge in [0, 0.05) is 31.5 Å². The topological polar surface area (TPSA) is 24.5 Å². The van der Waals surface area contributed by atoms with Crippen molar-refractivity contribution in [2.45, 2.75) is 26.0 Å². The first-order valence-corrected chi connectivity index (χ1v) is 5.09. The fourth-order valence-corrected chi connectivity index (χ4v) is 2.06. The van der Waals surface area contributed by atoms with Crippen molar-refractivity contribution in [2.24, 2.45) is 5.41 Å². The molecule has 3 heteroatoms. The number of nitrogens with zero attached hydrogens (tertiary/aromatic N) is 1. The Morgan fingerprint density at radius 3 is 2.62 bits per heavy atom. The SMILES string of the molecule is CN1CCC2(C1)NCC(C)(C)CO2. The Morgan fingerprint density at radius 1 is 1.38 bits per heavy atom. The van der Waals surface area contributed by atoms with Crippen LogP contribution in [0.3, 0.4) is 0 Å². The van der Waals surface area contributed by atoms with Gasteiger partial charge in [0.15, 0.2) is 0 Å². The third kappa shape index (κ3) is 1.87. The van der Waals surface area contributed by atoms with E-state index in [2.05, 4.69) is 31.1 Å². The molecule has 0 aromatic heterocycles. The summed E-state index contributed by atoms with van der Waals surface area (Å²) in [6.07, 6.45) is 1.12. The number of rotatable bonds is 0. The van der Waals surface area contributed by atoms with Crippen LogP contribution >= 0.6 is 0 Å². The van der Waals surface area contributed by atoms with Gasteiger partial charge in [-0.25, -0.2) is 0 Å². The Balaban J connectivity index is 1.97. The van der Waals surface area contributed by atoms with Crippen LogP contribution in [0, 0.1) is 5.41 Å². The van der Waals surface area contributed by atoms with Gasteiger partial charge >= 0.3 is 0 Å². The average molecular weight is 184 g/mol. The van der Waals surface area contributed by atoms with Crippen LogP contribution in [0.25, 0.3) is 0 Å². The highest BCUT2D eigenvalue weighted by Crippen LogP contribution is 2.30. The largest absolute Gasteiger partial charge is 0.359 e. The van der Waals surface area contributed by atoms with E-state index in [1.807, 2.05) is 0 Å². The first kappa shape index (κ1) is 9.44. The number of likely N-dealkylation sites (N-methyl/N-ethyl adjacent to an activating group) is 1. The second kappa shape index (κ2) is 2.94. The fourth-order valence-electron chi connectivity index (χ4n) is 2.06. The van der Waals surface area contributed by atoms with Crippen LogP contribution in [-0.2, 0) is 4.74 Å². The zero-order chi connectivity index (χ0) is 9.53. The third-order valence-electron chi connectivity index (χ3n) is 3.05. The number of likely N-dealkylation sites (tertiary alicyclic amines) is 1. The van der Waals surface area contributed by atoms with Gasteiger partial charge in [0.05, 0.1) is 6.61 Å². The van der Waals surface area contributed by atoms with Crippen molar-refractivity contribution in [3.63, 3.8) is 0 Å². The number of nitrogens with one attached hydrogen (secondary N) is 1.